The van der Waals surface area contributed by atoms with Crippen molar-refractivity contribution in [3.63, 3.8) is 0 Å². The zero-order chi connectivity index (χ0) is 12.5. The third-order valence-corrected chi connectivity index (χ3v) is 2.97. The second-order valence-corrected chi connectivity index (χ2v) is 4.34. The molecule has 0 spiro atoms. The van der Waals surface area contributed by atoms with E-state index in [1.165, 1.54) is 0 Å². The first-order valence-corrected chi connectivity index (χ1v) is 6.20. The predicted molar refractivity (Wildman–Crippen MR) is 71.5 cm³/mol. The first kappa shape index (κ1) is 11.2. The van der Waals surface area contributed by atoms with Gasteiger partial charge in [-0.1, -0.05) is 30.3 Å². The number of aryl methyl sites for hydroxylation is 1. The third-order valence-electron chi connectivity index (χ3n) is 2.74. The van der Waals surface area contributed by atoms with Crippen molar-refractivity contribution in [1.82, 2.24) is 9.97 Å². The molecule has 1 aromatic carbocycles. The fourth-order valence-electron chi connectivity index (χ4n) is 1.97. The van der Waals surface area contributed by atoms with Gasteiger partial charge in [0.15, 0.2) is 0 Å². The highest BCUT2D eigenvalue weighted by molar-refractivity contribution is 6.16. The van der Waals surface area contributed by atoms with Gasteiger partial charge in [-0.3, -0.25) is 0 Å². The van der Waals surface area contributed by atoms with E-state index < -0.39 is 0 Å². The molecule has 0 unspecified atom stereocenters. The van der Waals surface area contributed by atoms with Crippen LogP contribution in [0.1, 0.15) is 11.6 Å². The molecule has 18 heavy (non-hydrogen) atoms. The first-order valence-electron chi connectivity index (χ1n) is 5.66. The minimum Gasteiger partial charge on any atom is -0.421 e. The van der Waals surface area contributed by atoms with Crippen molar-refractivity contribution in [2.45, 2.75) is 12.8 Å². The van der Waals surface area contributed by atoms with Crippen molar-refractivity contribution in [2.75, 3.05) is 0 Å². The van der Waals surface area contributed by atoms with E-state index in [0.29, 0.717) is 11.6 Å². The highest BCUT2D eigenvalue weighted by atomic mass is 35.5. The molecule has 0 aliphatic carbocycles. The van der Waals surface area contributed by atoms with E-state index in [1.807, 2.05) is 43.3 Å². The summed E-state index contributed by atoms with van der Waals surface area (Å²) < 4.78 is 5.51. The highest BCUT2D eigenvalue weighted by Gasteiger charge is 2.12. The largest absolute Gasteiger partial charge is 0.421 e. The van der Waals surface area contributed by atoms with Gasteiger partial charge in [0.2, 0.25) is 11.6 Å². The van der Waals surface area contributed by atoms with Gasteiger partial charge in [-0.2, -0.15) is 0 Å². The molecule has 0 amide bonds. The van der Waals surface area contributed by atoms with Crippen molar-refractivity contribution in [1.29, 1.82) is 0 Å². The van der Waals surface area contributed by atoms with Crippen LogP contribution in [0.4, 0.5) is 0 Å². The Balaban J connectivity index is 2.30. The normalized spacial score (nSPS) is 11.0. The Morgan fingerprint density at radius 2 is 1.94 bits per heavy atom. The average Bonchev–Trinajstić information content (AvgIpc) is 2.81. The van der Waals surface area contributed by atoms with Gasteiger partial charge in [0.05, 0.1) is 5.88 Å². The van der Waals surface area contributed by atoms with Crippen LogP contribution in [0, 0.1) is 6.92 Å². The van der Waals surface area contributed by atoms with Gasteiger partial charge < -0.3 is 4.42 Å². The number of alkyl halides is 1. The lowest BCUT2D eigenvalue weighted by molar-refractivity contribution is 0.545. The number of nitrogens with zero attached hydrogens (tertiary/aromatic N) is 2. The maximum Gasteiger partial charge on any atom is 0.247 e. The Labute approximate surface area is 109 Å². The molecule has 2 aromatic heterocycles. The van der Waals surface area contributed by atoms with Crippen LogP contribution >= 0.6 is 11.6 Å². The smallest absolute Gasteiger partial charge is 0.247 e. The number of aromatic nitrogens is 2. The SMILES string of the molecule is Cc1cc(-c2ccccc2)c2nc(CCl)oc2n1. The summed E-state index contributed by atoms with van der Waals surface area (Å²) in [4.78, 5) is 8.73. The Hall–Kier alpha value is -1.87. The number of halogens is 1. The Morgan fingerprint density at radius 1 is 1.17 bits per heavy atom. The number of hydrogen-bond acceptors (Lipinski definition) is 3. The molecular weight excluding hydrogens is 248 g/mol. The molecule has 3 nitrogen and oxygen atoms in total. The van der Waals surface area contributed by atoms with E-state index >= 15 is 0 Å². The fraction of sp³-hybridized carbons (Fsp3) is 0.143. The number of oxazole rings is 1. The fourth-order valence-corrected chi connectivity index (χ4v) is 2.09. The zero-order valence-electron chi connectivity index (χ0n) is 9.85. The van der Waals surface area contributed by atoms with Crippen LogP contribution in [0.5, 0.6) is 0 Å². The zero-order valence-corrected chi connectivity index (χ0v) is 10.6. The molecule has 90 valence electrons. The first-order chi connectivity index (χ1) is 8.78. The monoisotopic (exact) mass is 258 g/mol. The lowest BCUT2D eigenvalue weighted by Gasteiger charge is -2.02. The average molecular weight is 259 g/mol. The Morgan fingerprint density at radius 3 is 2.67 bits per heavy atom. The van der Waals surface area contributed by atoms with Gasteiger partial charge in [0.25, 0.3) is 0 Å². The summed E-state index contributed by atoms with van der Waals surface area (Å²) in [6.45, 7) is 1.94. The number of rotatable bonds is 2. The summed E-state index contributed by atoms with van der Waals surface area (Å²) >= 11 is 5.75. The van der Waals surface area contributed by atoms with Crippen LogP contribution in [0.3, 0.4) is 0 Å². The molecule has 4 heteroatoms. The van der Waals surface area contributed by atoms with Gasteiger partial charge in [-0.15, -0.1) is 11.6 Å². The van der Waals surface area contributed by atoms with Crippen LogP contribution in [-0.4, -0.2) is 9.97 Å². The molecule has 3 aromatic rings. The summed E-state index contributed by atoms with van der Waals surface area (Å²) in [5.41, 5.74) is 4.34. The summed E-state index contributed by atoms with van der Waals surface area (Å²) in [5.74, 6) is 0.755. The van der Waals surface area contributed by atoms with Gasteiger partial charge >= 0.3 is 0 Å². The standard InChI is InChI=1S/C14H11ClN2O/c1-9-7-11(10-5-3-2-4-6-10)13-14(16-9)18-12(8-15)17-13/h2-7H,8H2,1H3. The third kappa shape index (κ3) is 1.87. The molecule has 0 fully saturated rings. The van der Waals surface area contributed by atoms with E-state index in [-0.39, 0.29) is 5.88 Å². The van der Waals surface area contributed by atoms with Crippen molar-refractivity contribution in [2.24, 2.45) is 0 Å². The van der Waals surface area contributed by atoms with Crippen LogP contribution in [0.2, 0.25) is 0 Å². The molecular formula is C14H11ClN2O. The van der Waals surface area contributed by atoms with E-state index in [0.717, 1.165) is 22.3 Å². The topological polar surface area (TPSA) is 38.9 Å². The van der Waals surface area contributed by atoms with Gasteiger partial charge in [0.1, 0.15) is 5.52 Å². The summed E-state index contributed by atoms with van der Waals surface area (Å²) in [6.07, 6.45) is 0. The van der Waals surface area contributed by atoms with Crippen molar-refractivity contribution in [3.8, 4) is 11.1 Å². The number of hydrogen-bond donors (Lipinski definition) is 0. The maximum atomic E-state index is 5.75. The van der Waals surface area contributed by atoms with Crippen molar-refractivity contribution in [3.05, 3.63) is 48.0 Å². The van der Waals surface area contributed by atoms with Gasteiger partial charge in [-0.25, -0.2) is 9.97 Å². The number of pyridine rings is 1. The van der Waals surface area contributed by atoms with Crippen molar-refractivity contribution < 1.29 is 4.42 Å². The second kappa shape index (κ2) is 4.42. The van der Waals surface area contributed by atoms with Gasteiger partial charge in [-0.05, 0) is 18.6 Å². The minimum absolute atomic E-state index is 0.254. The highest BCUT2D eigenvalue weighted by Crippen LogP contribution is 2.28. The second-order valence-electron chi connectivity index (χ2n) is 4.07. The summed E-state index contributed by atoms with van der Waals surface area (Å²) in [6, 6.07) is 12.1. The molecule has 0 saturated heterocycles. The van der Waals surface area contributed by atoms with E-state index in [1.54, 1.807) is 0 Å². The quantitative estimate of drug-likeness (QED) is 0.654. The molecule has 0 aliphatic rings. The Kier molecular flexibility index (Phi) is 2.76. The maximum absolute atomic E-state index is 5.75. The van der Waals surface area contributed by atoms with Crippen LogP contribution < -0.4 is 0 Å². The van der Waals surface area contributed by atoms with E-state index in [4.69, 9.17) is 16.0 Å². The molecule has 3 rings (SSSR count). The predicted octanol–water partition coefficient (Wildman–Crippen LogP) is 3.94. The van der Waals surface area contributed by atoms with Crippen molar-refractivity contribution >= 4 is 22.8 Å². The van der Waals surface area contributed by atoms with E-state index in [2.05, 4.69) is 9.97 Å². The lowest BCUT2D eigenvalue weighted by atomic mass is 10.1. The summed E-state index contributed by atoms with van der Waals surface area (Å²) in [5, 5.41) is 0. The van der Waals surface area contributed by atoms with Crippen LogP contribution in [-0.2, 0) is 5.88 Å². The minimum atomic E-state index is 0.254. The van der Waals surface area contributed by atoms with Gasteiger partial charge in [0, 0.05) is 11.3 Å². The number of benzene rings is 1. The van der Waals surface area contributed by atoms with Crippen LogP contribution in [0.25, 0.3) is 22.4 Å². The lowest BCUT2D eigenvalue weighted by Crippen LogP contribution is -1.86. The molecule has 0 radical (unpaired) electrons. The summed E-state index contributed by atoms with van der Waals surface area (Å²) in [7, 11) is 0. The number of fused-ring (bicyclic) bond motifs is 1. The van der Waals surface area contributed by atoms with Crippen LogP contribution in [0.15, 0.2) is 40.8 Å². The molecule has 0 bridgehead atoms. The van der Waals surface area contributed by atoms with E-state index in [9.17, 15) is 0 Å². The molecule has 0 aliphatic heterocycles. The molecule has 2 heterocycles. The Bertz CT molecular complexity index is 692. The molecule has 0 atom stereocenters. The molecule has 0 saturated carbocycles. The molecule has 0 N–H and O–H groups in total.